The number of allylic oxidation sites excluding steroid dienone is 2. The number of benzene rings is 1. The van der Waals surface area contributed by atoms with E-state index in [4.69, 9.17) is 4.74 Å². The number of unbranched alkanes of at least 4 members (excludes halogenated alkanes) is 5. The van der Waals surface area contributed by atoms with Gasteiger partial charge in [0, 0.05) is 6.21 Å². The highest BCUT2D eigenvalue weighted by atomic mass is 16.5. The van der Waals surface area contributed by atoms with Gasteiger partial charge in [-0.15, -0.1) is 0 Å². The molecule has 0 aliphatic heterocycles. The Kier molecular flexibility index (Phi) is 9.98. The van der Waals surface area contributed by atoms with Crippen LogP contribution >= 0.6 is 0 Å². The number of hydrogen-bond acceptors (Lipinski definition) is 5. The van der Waals surface area contributed by atoms with E-state index in [2.05, 4.69) is 11.9 Å². The number of aliphatic hydroxyl groups excluding tert-OH is 1. The Morgan fingerprint density at radius 1 is 1.08 bits per heavy atom. The lowest BCUT2D eigenvalue weighted by molar-refractivity contribution is -0.113. The molecule has 1 rings (SSSR count). The van der Waals surface area contributed by atoms with E-state index in [1.807, 2.05) is 0 Å². The first-order chi connectivity index (χ1) is 12.5. The molecule has 0 aromatic heterocycles. The lowest BCUT2D eigenvalue weighted by atomic mass is 10.1. The van der Waals surface area contributed by atoms with E-state index in [1.165, 1.54) is 39.3 Å². The summed E-state index contributed by atoms with van der Waals surface area (Å²) < 4.78 is 5.34. The SMILES string of the molecule is CCCCCCCCOC(=O)c1ccccc1N=C/C(C(C)=O)=C(/C)O. The first kappa shape index (κ1) is 21.6. The van der Waals surface area contributed by atoms with Crippen molar-refractivity contribution in [1.82, 2.24) is 0 Å². The molecule has 1 aromatic carbocycles. The maximum Gasteiger partial charge on any atom is 0.340 e. The summed E-state index contributed by atoms with van der Waals surface area (Å²) in [6.07, 6.45) is 8.01. The molecule has 0 aliphatic carbocycles. The molecule has 0 bridgehead atoms. The molecule has 0 heterocycles. The highest BCUT2D eigenvalue weighted by molar-refractivity contribution is 6.13. The predicted octanol–water partition coefficient (Wildman–Crippen LogP) is 5.33. The molecule has 0 saturated heterocycles. The topological polar surface area (TPSA) is 76.0 Å². The lowest BCUT2D eigenvalue weighted by Crippen LogP contribution is -2.07. The third-order valence-electron chi connectivity index (χ3n) is 3.96. The second-order valence-electron chi connectivity index (χ2n) is 6.23. The highest BCUT2D eigenvalue weighted by Crippen LogP contribution is 2.20. The molecule has 26 heavy (non-hydrogen) atoms. The fourth-order valence-electron chi connectivity index (χ4n) is 2.46. The van der Waals surface area contributed by atoms with E-state index in [1.54, 1.807) is 24.3 Å². The number of ether oxygens (including phenoxy) is 1. The van der Waals surface area contributed by atoms with Crippen LogP contribution in [0.3, 0.4) is 0 Å². The van der Waals surface area contributed by atoms with Crippen molar-refractivity contribution < 1.29 is 19.4 Å². The van der Waals surface area contributed by atoms with Crippen molar-refractivity contribution in [3.8, 4) is 0 Å². The van der Waals surface area contributed by atoms with Gasteiger partial charge in [0.1, 0.15) is 5.76 Å². The van der Waals surface area contributed by atoms with Gasteiger partial charge in [0.25, 0.3) is 0 Å². The summed E-state index contributed by atoms with van der Waals surface area (Å²) in [5.74, 6) is -0.832. The number of para-hydroxylation sites is 1. The second-order valence-corrected chi connectivity index (χ2v) is 6.23. The summed E-state index contributed by atoms with van der Waals surface area (Å²) >= 11 is 0. The number of carbonyl (C=O) groups excluding carboxylic acids is 2. The largest absolute Gasteiger partial charge is 0.512 e. The van der Waals surface area contributed by atoms with Gasteiger partial charge in [-0.1, -0.05) is 51.2 Å². The van der Waals surface area contributed by atoms with Gasteiger partial charge in [-0.3, -0.25) is 9.79 Å². The maximum absolute atomic E-state index is 12.3. The van der Waals surface area contributed by atoms with Crippen LogP contribution in [0.1, 0.15) is 69.7 Å². The second kappa shape index (κ2) is 12.0. The molecule has 1 aromatic rings. The number of esters is 1. The first-order valence-corrected chi connectivity index (χ1v) is 9.18. The van der Waals surface area contributed by atoms with Gasteiger partial charge in [-0.2, -0.15) is 0 Å². The van der Waals surface area contributed by atoms with Gasteiger partial charge in [0.05, 0.1) is 23.4 Å². The van der Waals surface area contributed by atoms with Crippen molar-refractivity contribution in [1.29, 1.82) is 0 Å². The molecule has 0 unspecified atom stereocenters. The Bertz CT molecular complexity index is 658. The van der Waals surface area contributed by atoms with Crippen LogP contribution in [0.15, 0.2) is 40.6 Å². The van der Waals surface area contributed by atoms with Gasteiger partial charge in [0.15, 0.2) is 5.78 Å². The van der Waals surface area contributed by atoms with Gasteiger partial charge in [0.2, 0.25) is 0 Å². The van der Waals surface area contributed by atoms with Crippen LogP contribution in [0.25, 0.3) is 0 Å². The fourth-order valence-corrected chi connectivity index (χ4v) is 2.46. The number of Topliss-reactive ketones (excluding diaryl/α,β-unsaturated/α-hetero) is 1. The number of nitrogens with zero attached hydrogens (tertiary/aromatic N) is 1. The van der Waals surface area contributed by atoms with Gasteiger partial charge in [-0.05, 0) is 32.4 Å². The van der Waals surface area contributed by atoms with Crippen LogP contribution in [-0.2, 0) is 9.53 Å². The smallest absolute Gasteiger partial charge is 0.340 e. The third-order valence-corrected chi connectivity index (χ3v) is 3.96. The number of carbonyl (C=O) groups is 2. The molecule has 0 amide bonds. The molecule has 0 fully saturated rings. The Balaban J connectivity index is 2.66. The summed E-state index contributed by atoms with van der Waals surface area (Å²) in [5.41, 5.74) is 0.855. The van der Waals surface area contributed by atoms with Crippen molar-refractivity contribution >= 4 is 23.7 Å². The predicted molar refractivity (Wildman–Crippen MR) is 104 cm³/mol. The highest BCUT2D eigenvalue weighted by Gasteiger charge is 2.12. The Hall–Kier alpha value is -2.43. The molecule has 0 spiro atoms. The molecule has 0 aliphatic rings. The zero-order valence-corrected chi connectivity index (χ0v) is 16.0. The molecule has 0 atom stereocenters. The number of aliphatic hydroxyl groups is 1. The van der Waals surface area contributed by atoms with Crippen molar-refractivity contribution in [3.05, 3.63) is 41.2 Å². The maximum atomic E-state index is 12.3. The van der Waals surface area contributed by atoms with Crippen LogP contribution in [0, 0.1) is 0 Å². The van der Waals surface area contributed by atoms with Crippen molar-refractivity contribution in [2.45, 2.75) is 59.3 Å². The minimum atomic E-state index is -0.430. The van der Waals surface area contributed by atoms with E-state index in [0.29, 0.717) is 17.9 Å². The third kappa shape index (κ3) is 7.64. The molecule has 0 radical (unpaired) electrons. The van der Waals surface area contributed by atoms with E-state index >= 15 is 0 Å². The summed E-state index contributed by atoms with van der Waals surface area (Å²) in [4.78, 5) is 28.0. The average Bonchev–Trinajstić information content (AvgIpc) is 2.60. The molecular formula is C21H29NO4. The molecule has 5 heteroatoms. The van der Waals surface area contributed by atoms with E-state index in [-0.39, 0.29) is 17.1 Å². The summed E-state index contributed by atoms with van der Waals surface area (Å²) in [7, 11) is 0. The lowest BCUT2D eigenvalue weighted by Gasteiger charge is -2.07. The van der Waals surface area contributed by atoms with Crippen LogP contribution < -0.4 is 0 Å². The zero-order chi connectivity index (χ0) is 19.4. The van der Waals surface area contributed by atoms with Crippen molar-refractivity contribution in [3.63, 3.8) is 0 Å². The fraction of sp³-hybridized carbons (Fsp3) is 0.476. The minimum Gasteiger partial charge on any atom is -0.512 e. The number of aliphatic imine (C=N–C) groups is 1. The Morgan fingerprint density at radius 3 is 2.38 bits per heavy atom. The molecule has 1 N–H and O–H groups in total. The molecular weight excluding hydrogens is 330 g/mol. The van der Waals surface area contributed by atoms with E-state index in [9.17, 15) is 14.7 Å². The number of hydrogen-bond donors (Lipinski definition) is 1. The van der Waals surface area contributed by atoms with Crippen molar-refractivity contribution in [2.75, 3.05) is 6.61 Å². The Labute approximate surface area is 155 Å². The summed E-state index contributed by atoms with van der Waals surface area (Å²) in [6.45, 7) is 5.33. The molecule has 142 valence electrons. The van der Waals surface area contributed by atoms with Gasteiger partial charge in [-0.25, -0.2) is 4.79 Å². The van der Waals surface area contributed by atoms with Crippen LogP contribution in [0.4, 0.5) is 5.69 Å². The molecule has 5 nitrogen and oxygen atoms in total. The average molecular weight is 359 g/mol. The van der Waals surface area contributed by atoms with Crippen LogP contribution in [0.5, 0.6) is 0 Å². The number of ketones is 1. The van der Waals surface area contributed by atoms with E-state index < -0.39 is 5.97 Å². The van der Waals surface area contributed by atoms with Gasteiger partial charge >= 0.3 is 5.97 Å². The standard InChI is InChI=1S/C21H29NO4/c1-4-5-6-7-8-11-14-26-21(25)18-12-9-10-13-20(18)22-15-19(16(2)23)17(3)24/h9-10,12-13,15,23H,4-8,11,14H2,1-3H3/b19-16+,22-15?. The number of rotatable bonds is 11. The zero-order valence-electron chi connectivity index (χ0n) is 16.0. The Morgan fingerprint density at radius 2 is 1.73 bits per heavy atom. The quantitative estimate of drug-likeness (QED) is 0.190. The van der Waals surface area contributed by atoms with Crippen LogP contribution in [0.2, 0.25) is 0 Å². The monoisotopic (exact) mass is 359 g/mol. The van der Waals surface area contributed by atoms with Crippen LogP contribution in [-0.4, -0.2) is 29.7 Å². The van der Waals surface area contributed by atoms with E-state index in [0.717, 1.165) is 19.3 Å². The van der Waals surface area contributed by atoms with Gasteiger partial charge < -0.3 is 9.84 Å². The summed E-state index contributed by atoms with van der Waals surface area (Å²) in [5, 5.41) is 9.54. The minimum absolute atomic E-state index is 0.107. The van der Waals surface area contributed by atoms with Crippen molar-refractivity contribution in [2.24, 2.45) is 4.99 Å². The summed E-state index contributed by atoms with van der Waals surface area (Å²) in [6, 6.07) is 6.79. The normalized spacial score (nSPS) is 12.1. The molecule has 0 saturated carbocycles. The first-order valence-electron chi connectivity index (χ1n) is 9.18.